The standard InChI is InChI=1S/C26H27ClFN3O5S/c1-16-12-18(4-6-21(16)27)23(14-32)31-10-8-19(9-11-31)35-25-17(2)26(30-15-29-25)36-24-7-5-20(13-22(24)28)37(3,33)34/h4-7,12-15,19,23H,8-11H2,1-3H3. The second-order valence-corrected chi connectivity index (χ2v) is 11.4. The lowest BCUT2D eigenvalue weighted by molar-refractivity contribution is -0.113. The van der Waals surface area contributed by atoms with Crippen LogP contribution in [0.3, 0.4) is 0 Å². The van der Waals surface area contributed by atoms with Gasteiger partial charge >= 0.3 is 0 Å². The number of benzene rings is 2. The third kappa shape index (κ3) is 6.26. The van der Waals surface area contributed by atoms with Crippen molar-refractivity contribution in [3.05, 3.63) is 70.3 Å². The molecule has 0 aliphatic carbocycles. The zero-order chi connectivity index (χ0) is 26.7. The number of hydrogen-bond acceptors (Lipinski definition) is 8. The van der Waals surface area contributed by atoms with Gasteiger partial charge < -0.3 is 14.3 Å². The first-order valence-corrected chi connectivity index (χ1v) is 13.9. The number of aldehydes is 1. The molecule has 1 fully saturated rings. The van der Waals surface area contributed by atoms with Crippen LogP contribution in [-0.2, 0) is 14.6 Å². The molecule has 1 atom stereocenters. The average Bonchev–Trinajstić information content (AvgIpc) is 2.85. The van der Waals surface area contributed by atoms with Crippen LogP contribution < -0.4 is 9.47 Å². The molecule has 0 spiro atoms. The molecule has 1 saturated heterocycles. The van der Waals surface area contributed by atoms with Gasteiger partial charge in [-0.15, -0.1) is 0 Å². The first-order chi connectivity index (χ1) is 17.6. The van der Waals surface area contributed by atoms with Gasteiger partial charge in [0.25, 0.3) is 0 Å². The van der Waals surface area contributed by atoms with Crippen LogP contribution in [0.2, 0.25) is 5.02 Å². The van der Waals surface area contributed by atoms with Crippen molar-refractivity contribution >= 4 is 27.7 Å². The largest absolute Gasteiger partial charge is 0.474 e. The quantitative estimate of drug-likeness (QED) is 0.369. The Balaban J connectivity index is 1.41. The van der Waals surface area contributed by atoms with Crippen molar-refractivity contribution in [2.45, 2.75) is 43.7 Å². The average molecular weight is 548 g/mol. The molecule has 1 aliphatic heterocycles. The van der Waals surface area contributed by atoms with E-state index in [4.69, 9.17) is 21.1 Å². The summed E-state index contributed by atoms with van der Waals surface area (Å²) in [5.41, 5.74) is 2.31. The molecule has 37 heavy (non-hydrogen) atoms. The number of likely N-dealkylation sites (tertiary alicyclic amines) is 1. The molecule has 8 nitrogen and oxygen atoms in total. The summed E-state index contributed by atoms with van der Waals surface area (Å²) in [6.45, 7) is 4.92. The summed E-state index contributed by atoms with van der Waals surface area (Å²) in [4.78, 5) is 22.2. The molecule has 1 aromatic heterocycles. The third-order valence-corrected chi connectivity index (χ3v) is 7.86. The minimum absolute atomic E-state index is 0.104. The lowest BCUT2D eigenvalue weighted by atomic mass is 10.00. The molecule has 1 unspecified atom stereocenters. The number of piperidine rings is 1. The van der Waals surface area contributed by atoms with Crippen LogP contribution in [0.5, 0.6) is 17.5 Å². The number of aryl methyl sites for hydroxylation is 1. The van der Waals surface area contributed by atoms with E-state index in [-0.39, 0.29) is 28.7 Å². The molecule has 196 valence electrons. The van der Waals surface area contributed by atoms with Crippen LogP contribution in [-0.4, -0.2) is 55.0 Å². The van der Waals surface area contributed by atoms with E-state index in [1.165, 1.54) is 18.5 Å². The summed E-state index contributed by atoms with van der Waals surface area (Å²) in [6, 6.07) is 8.68. The lowest BCUT2D eigenvalue weighted by Gasteiger charge is -2.35. The molecular weight excluding hydrogens is 521 g/mol. The van der Waals surface area contributed by atoms with Crippen molar-refractivity contribution < 1.29 is 27.1 Å². The van der Waals surface area contributed by atoms with Crippen molar-refractivity contribution in [1.82, 2.24) is 14.9 Å². The Morgan fingerprint density at radius 3 is 2.43 bits per heavy atom. The highest BCUT2D eigenvalue weighted by molar-refractivity contribution is 7.90. The van der Waals surface area contributed by atoms with Gasteiger partial charge in [-0.3, -0.25) is 4.90 Å². The van der Waals surface area contributed by atoms with Crippen LogP contribution in [0.1, 0.15) is 35.6 Å². The van der Waals surface area contributed by atoms with Crippen molar-refractivity contribution in [1.29, 1.82) is 0 Å². The fourth-order valence-corrected chi connectivity index (χ4v) is 4.95. The molecule has 11 heteroatoms. The zero-order valence-corrected chi connectivity index (χ0v) is 22.2. The summed E-state index contributed by atoms with van der Waals surface area (Å²) in [6.07, 6.45) is 4.44. The smallest absolute Gasteiger partial charge is 0.229 e. The summed E-state index contributed by atoms with van der Waals surface area (Å²) in [5.74, 6) is -0.563. The Kier molecular flexibility index (Phi) is 8.11. The number of rotatable bonds is 8. The van der Waals surface area contributed by atoms with Crippen molar-refractivity contribution in [3.8, 4) is 17.5 Å². The second kappa shape index (κ2) is 11.1. The normalized spacial score (nSPS) is 15.8. The predicted octanol–water partition coefficient (Wildman–Crippen LogP) is 4.87. The van der Waals surface area contributed by atoms with E-state index in [1.54, 1.807) is 6.92 Å². The lowest BCUT2D eigenvalue weighted by Crippen LogP contribution is -2.41. The Labute approximate surface area is 220 Å². The maximum absolute atomic E-state index is 14.5. The van der Waals surface area contributed by atoms with Crippen LogP contribution in [0.25, 0.3) is 0 Å². The monoisotopic (exact) mass is 547 g/mol. The van der Waals surface area contributed by atoms with Gasteiger partial charge in [0.05, 0.1) is 16.5 Å². The van der Waals surface area contributed by atoms with Crippen LogP contribution in [0, 0.1) is 19.7 Å². The van der Waals surface area contributed by atoms with Gasteiger partial charge in [-0.2, -0.15) is 0 Å². The van der Waals surface area contributed by atoms with E-state index in [2.05, 4.69) is 14.9 Å². The fourth-order valence-electron chi connectivity index (χ4n) is 4.20. The predicted molar refractivity (Wildman–Crippen MR) is 137 cm³/mol. The number of nitrogens with zero attached hydrogens (tertiary/aromatic N) is 3. The molecule has 0 saturated carbocycles. The number of ether oxygens (including phenoxy) is 2. The van der Waals surface area contributed by atoms with E-state index in [0.29, 0.717) is 42.4 Å². The minimum atomic E-state index is -3.55. The molecular formula is C26H27ClFN3O5S. The van der Waals surface area contributed by atoms with Gasteiger partial charge in [0.15, 0.2) is 21.4 Å². The van der Waals surface area contributed by atoms with E-state index in [0.717, 1.165) is 29.7 Å². The first kappa shape index (κ1) is 27.0. The molecule has 1 aliphatic rings. The van der Waals surface area contributed by atoms with Crippen molar-refractivity contribution in [2.24, 2.45) is 0 Å². The topological polar surface area (TPSA) is 98.7 Å². The van der Waals surface area contributed by atoms with E-state index < -0.39 is 15.7 Å². The molecule has 4 rings (SSSR count). The molecule has 0 radical (unpaired) electrons. The fraction of sp³-hybridized carbons (Fsp3) is 0.346. The summed E-state index contributed by atoms with van der Waals surface area (Å²) in [5, 5.41) is 0.665. The number of hydrogen-bond donors (Lipinski definition) is 0. The third-order valence-electron chi connectivity index (χ3n) is 6.33. The van der Waals surface area contributed by atoms with Gasteiger partial charge in [0.2, 0.25) is 11.8 Å². The van der Waals surface area contributed by atoms with Crippen LogP contribution >= 0.6 is 11.6 Å². The highest BCUT2D eigenvalue weighted by Crippen LogP contribution is 2.32. The van der Waals surface area contributed by atoms with Crippen LogP contribution in [0.15, 0.2) is 47.6 Å². The van der Waals surface area contributed by atoms with Crippen molar-refractivity contribution in [3.63, 3.8) is 0 Å². The second-order valence-electron chi connectivity index (χ2n) is 9.02. The molecule has 2 heterocycles. The molecule has 2 aromatic carbocycles. The van der Waals surface area contributed by atoms with Gasteiger partial charge in [0.1, 0.15) is 18.7 Å². The number of carbonyl (C=O) groups is 1. The van der Waals surface area contributed by atoms with Gasteiger partial charge in [-0.1, -0.05) is 23.7 Å². The molecule has 0 bridgehead atoms. The maximum atomic E-state index is 14.5. The highest BCUT2D eigenvalue weighted by atomic mass is 35.5. The Bertz CT molecular complexity index is 1410. The first-order valence-electron chi connectivity index (χ1n) is 11.7. The van der Waals surface area contributed by atoms with E-state index >= 15 is 0 Å². The van der Waals surface area contributed by atoms with E-state index in [9.17, 15) is 17.6 Å². The molecule has 0 N–H and O–H groups in total. The Morgan fingerprint density at radius 2 is 1.81 bits per heavy atom. The summed E-state index contributed by atoms with van der Waals surface area (Å²) in [7, 11) is -3.55. The number of halogens is 2. The SMILES string of the molecule is Cc1cc(C(C=O)N2CCC(Oc3ncnc(Oc4ccc(S(C)(=O)=O)cc4F)c3C)CC2)ccc1Cl. The van der Waals surface area contributed by atoms with Gasteiger partial charge in [-0.05, 0) is 62.1 Å². The Hall–Kier alpha value is -3.08. The molecule has 3 aromatic rings. The number of aromatic nitrogens is 2. The maximum Gasteiger partial charge on any atom is 0.229 e. The van der Waals surface area contributed by atoms with Crippen LogP contribution in [0.4, 0.5) is 4.39 Å². The minimum Gasteiger partial charge on any atom is -0.474 e. The zero-order valence-electron chi connectivity index (χ0n) is 20.6. The van der Waals surface area contributed by atoms with Crippen molar-refractivity contribution in [2.75, 3.05) is 19.3 Å². The molecule has 0 amide bonds. The van der Waals surface area contributed by atoms with E-state index in [1.807, 2.05) is 25.1 Å². The van der Waals surface area contributed by atoms with Gasteiger partial charge in [-0.25, -0.2) is 22.8 Å². The summed E-state index contributed by atoms with van der Waals surface area (Å²) >= 11 is 6.13. The highest BCUT2D eigenvalue weighted by Gasteiger charge is 2.28. The van der Waals surface area contributed by atoms with Gasteiger partial charge in [0, 0.05) is 24.4 Å². The number of sulfone groups is 1. The number of carbonyl (C=O) groups excluding carboxylic acids is 1. The summed E-state index contributed by atoms with van der Waals surface area (Å²) < 4.78 is 49.5. The Morgan fingerprint density at radius 1 is 1.11 bits per heavy atom.